The van der Waals surface area contributed by atoms with Crippen LogP contribution in [-0.2, 0) is 20.0 Å². The van der Waals surface area contributed by atoms with E-state index in [1.165, 1.54) is 50.9 Å². The summed E-state index contributed by atoms with van der Waals surface area (Å²) < 4.78 is 4.64. The normalized spacial score (nSPS) is 10.9. The maximum Gasteiger partial charge on any atom is 0.255 e. The van der Waals surface area contributed by atoms with Crippen molar-refractivity contribution in [2.24, 2.45) is 7.05 Å². The number of aromatic nitrogens is 2. The molecule has 0 N–H and O–H groups in total. The molecule has 0 bridgehead atoms. The molecule has 1 aromatic rings. The topological polar surface area (TPSA) is 8.81 Å². The molecule has 0 fully saturated rings. The van der Waals surface area contributed by atoms with Crippen molar-refractivity contribution in [3.63, 3.8) is 0 Å². The summed E-state index contributed by atoms with van der Waals surface area (Å²) in [7, 11) is 2.14. The van der Waals surface area contributed by atoms with E-state index in [1.807, 2.05) is 0 Å². The van der Waals surface area contributed by atoms with E-state index in [4.69, 9.17) is 0 Å². The van der Waals surface area contributed by atoms with Crippen LogP contribution in [-0.4, -0.2) is 4.57 Å². The van der Waals surface area contributed by atoms with Crippen molar-refractivity contribution in [2.75, 3.05) is 0 Å². The van der Waals surface area contributed by atoms with Crippen LogP contribution in [0.2, 0.25) is 0 Å². The van der Waals surface area contributed by atoms with Gasteiger partial charge in [-0.05, 0) is 12.8 Å². The lowest BCUT2D eigenvalue weighted by molar-refractivity contribution is -0.678. The van der Waals surface area contributed by atoms with E-state index < -0.39 is 0 Å². The Morgan fingerprint density at radius 3 is 2.44 bits per heavy atom. The van der Waals surface area contributed by atoms with Crippen LogP contribution in [0, 0.1) is 0 Å². The lowest BCUT2D eigenvalue weighted by Crippen LogP contribution is -2.31. The van der Waals surface area contributed by atoms with Gasteiger partial charge >= 0.3 is 0 Å². The van der Waals surface area contributed by atoms with Crippen molar-refractivity contribution in [1.82, 2.24) is 4.57 Å². The second kappa shape index (κ2) is 7.48. The predicted molar refractivity (Wildman–Crippen MR) is 68.4 cm³/mol. The smallest absolute Gasteiger partial charge is 0.237 e. The number of hydrogen-bond acceptors (Lipinski definition) is 0. The summed E-state index contributed by atoms with van der Waals surface area (Å²) in [5.74, 6) is 1.44. The Morgan fingerprint density at radius 2 is 1.75 bits per heavy atom. The van der Waals surface area contributed by atoms with Crippen molar-refractivity contribution in [3.05, 3.63) is 18.2 Å². The zero-order valence-electron chi connectivity index (χ0n) is 11.2. The Labute approximate surface area is 100 Å². The zero-order chi connectivity index (χ0) is 11.8. The number of nitrogens with zero attached hydrogens (tertiary/aromatic N) is 2. The number of rotatable bonds is 8. The molecule has 2 heteroatoms. The molecule has 0 aliphatic carbocycles. The van der Waals surface area contributed by atoms with Gasteiger partial charge in [-0.2, -0.15) is 0 Å². The minimum Gasteiger partial charge on any atom is -0.237 e. The van der Waals surface area contributed by atoms with Gasteiger partial charge in [0, 0.05) is 6.42 Å². The molecule has 0 radical (unpaired) electrons. The van der Waals surface area contributed by atoms with Gasteiger partial charge in [0.1, 0.15) is 12.4 Å². The van der Waals surface area contributed by atoms with E-state index in [0.29, 0.717) is 0 Å². The molecule has 1 aromatic heterocycles. The molecule has 0 unspecified atom stereocenters. The third kappa shape index (κ3) is 3.99. The molecular formula is C14H27N2+. The van der Waals surface area contributed by atoms with Crippen molar-refractivity contribution in [1.29, 1.82) is 0 Å². The number of imidazole rings is 1. The Hall–Kier alpha value is -0.790. The van der Waals surface area contributed by atoms with E-state index in [-0.39, 0.29) is 0 Å². The second-order valence-electron chi connectivity index (χ2n) is 4.64. The molecule has 0 aromatic carbocycles. The molecule has 16 heavy (non-hydrogen) atoms. The van der Waals surface area contributed by atoms with Gasteiger partial charge in [0.05, 0.1) is 13.6 Å². The van der Waals surface area contributed by atoms with Crippen molar-refractivity contribution in [2.45, 2.75) is 65.3 Å². The zero-order valence-corrected chi connectivity index (χ0v) is 11.2. The number of aryl methyl sites for hydroxylation is 2. The van der Waals surface area contributed by atoms with E-state index in [9.17, 15) is 0 Å². The summed E-state index contributed by atoms with van der Waals surface area (Å²) in [5, 5.41) is 0. The van der Waals surface area contributed by atoms with Crippen LogP contribution in [0.1, 0.15) is 58.2 Å². The molecular weight excluding hydrogens is 196 g/mol. The Balaban J connectivity index is 2.21. The first-order valence-electron chi connectivity index (χ1n) is 6.83. The van der Waals surface area contributed by atoms with Crippen molar-refractivity contribution in [3.8, 4) is 0 Å². The molecule has 0 aliphatic heterocycles. The Bertz CT molecular complexity index is 289. The van der Waals surface area contributed by atoms with Gasteiger partial charge in [-0.15, -0.1) is 0 Å². The van der Waals surface area contributed by atoms with Crippen LogP contribution in [0.5, 0.6) is 0 Å². The quantitative estimate of drug-likeness (QED) is 0.472. The lowest BCUT2D eigenvalue weighted by atomic mass is 10.1. The summed E-state index contributed by atoms with van der Waals surface area (Å²) in [5.41, 5.74) is 0. The highest BCUT2D eigenvalue weighted by atomic mass is 15.1. The Kier molecular flexibility index (Phi) is 6.20. The molecule has 1 rings (SSSR count). The van der Waals surface area contributed by atoms with E-state index >= 15 is 0 Å². The van der Waals surface area contributed by atoms with Crippen LogP contribution in [0.3, 0.4) is 0 Å². The van der Waals surface area contributed by atoms with Crippen LogP contribution >= 0.6 is 0 Å². The maximum atomic E-state index is 2.40. The first kappa shape index (κ1) is 13.3. The van der Waals surface area contributed by atoms with Gasteiger partial charge in [0.25, 0.3) is 5.82 Å². The standard InChI is InChI=1S/C14H27N2/c1-4-6-7-8-9-10-11-16-13-12-15(3)14(16)5-2/h12-13H,4-11H2,1-3H3/q+1. The van der Waals surface area contributed by atoms with Crippen LogP contribution in [0.25, 0.3) is 0 Å². The average molecular weight is 223 g/mol. The van der Waals surface area contributed by atoms with Crippen LogP contribution < -0.4 is 4.57 Å². The minimum atomic E-state index is 1.12. The number of unbranched alkanes of at least 4 members (excludes halogenated alkanes) is 5. The van der Waals surface area contributed by atoms with Gasteiger partial charge in [0.15, 0.2) is 0 Å². The first-order valence-corrected chi connectivity index (χ1v) is 6.83. The van der Waals surface area contributed by atoms with Gasteiger partial charge in [0.2, 0.25) is 0 Å². The molecule has 0 saturated carbocycles. The van der Waals surface area contributed by atoms with Gasteiger partial charge in [-0.1, -0.05) is 39.5 Å². The largest absolute Gasteiger partial charge is 0.255 e. The summed E-state index contributed by atoms with van der Waals surface area (Å²) >= 11 is 0. The predicted octanol–water partition coefficient (Wildman–Crippen LogP) is 3.24. The highest BCUT2D eigenvalue weighted by Gasteiger charge is 2.10. The molecule has 92 valence electrons. The molecule has 1 heterocycles. The average Bonchev–Trinajstić information content (AvgIpc) is 2.64. The molecule has 0 aliphatic rings. The Morgan fingerprint density at radius 1 is 1.06 bits per heavy atom. The lowest BCUT2D eigenvalue weighted by Gasteiger charge is -2.01. The van der Waals surface area contributed by atoms with Gasteiger partial charge < -0.3 is 0 Å². The fourth-order valence-corrected chi connectivity index (χ4v) is 2.27. The fourth-order valence-electron chi connectivity index (χ4n) is 2.27. The third-order valence-electron chi connectivity index (χ3n) is 3.28. The first-order chi connectivity index (χ1) is 7.79. The van der Waals surface area contributed by atoms with Crippen LogP contribution in [0.15, 0.2) is 12.4 Å². The summed E-state index contributed by atoms with van der Waals surface area (Å²) in [6.07, 6.45) is 13.8. The second-order valence-corrected chi connectivity index (χ2v) is 4.64. The molecule has 0 atom stereocenters. The van der Waals surface area contributed by atoms with Crippen molar-refractivity contribution < 1.29 is 4.57 Å². The summed E-state index contributed by atoms with van der Waals surface area (Å²) in [4.78, 5) is 0. The summed E-state index contributed by atoms with van der Waals surface area (Å²) in [6.45, 7) is 5.69. The SMILES string of the molecule is CCCCCCCCn1cc[n+](C)c1CC. The molecule has 0 saturated heterocycles. The number of hydrogen-bond donors (Lipinski definition) is 0. The highest BCUT2D eigenvalue weighted by molar-refractivity contribution is 4.82. The van der Waals surface area contributed by atoms with E-state index in [1.54, 1.807) is 0 Å². The highest BCUT2D eigenvalue weighted by Crippen LogP contribution is 2.07. The molecule has 2 nitrogen and oxygen atoms in total. The molecule has 0 amide bonds. The van der Waals surface area contributed by atoms with E-state index in [2.05, 4.69) is 42.4 Å². The fraction of sp³-hybridized carbons (Fsp3) is 0.786. The van der Waals surface area contributed by atoms with Crippen LogP contribution in [0.4, 0.5) is 0 Å². The monoisotopic (exact) mass is 223 g/mol. The van der Waals surface area contributed by atoms with E-state index in [0.717, 1.165) is 6.42 Å². The maximum absolute atomic E-state index is 2.40. The molecule has 0 spiro atoms. The minimum absolute atomic E-state index is 1.12. The van der Waals surface area contributed by atoms with Gasteiger partial charge in [-0.3, -0.25) is 0 Å². The van der Waals surface area contributed by atoms with Gasteiger partial charge in [-0.25, -0.2) is 9.13 Å². The summed E-state index contributed by atoms with van der Waals surface area (Å²) in [6, 6.07) is 0. The van der Waals surface area contributed by atoms with Crippen molar-refractivity contribution >= 4 is 0 Å². The third-order valence-corrected chi connectivity index (χ3v) is 3.28.